The molecule has 0 aliphatic heterocycles. The van der Waals surface area contributed by atoms with Gasteiger partial charge in [-0.1, -0.05) is 5.11 Å². The Balaban J connectivity index is 3.03. The Labute approximate surface area is 107 Å². The molecule has 0 spiro atoms. The first-order valence-corrected chi connectivity index (χ1v) is 6.40. The highest BCUT2D eigenvalue weighted by Gasteiger charge is 2.20. The highest BCUT2D eigenvalue weighted by molar-refractivity contribution is 7.89. The normalized spacial score (nSPS) is 10.8. The van der Waals surface area contributed by atoms with Gasteiger partial charge in [-0.05, 0) is 23.7 Å². The van der Waals surface area contributed by atoms with E-state index in [1.165, 1.54) is 0 Å². The van der Waals surface area contributed by atoms with Crippen molar-refractivity contribution in [2.45, 2.75) is 4.90 Å². The van der Waals surface area contributed by atoms with Crippen molar-refractivity contribution in [1.29, 1.82) is 0 Å². The second-order valence-corrected chi connectivity index (χ2v) is 5.04. The number of rotatable bonds is 6. The van der Waals surface area contributed by atoms with Crippen LogP contribution in [0, 0.1) is 5.82 Å². The van der Waals surface area contributed by atoms with Crippen LogP contribution in [0.5, 0.6) is 0 Å². The van der Waals surface area contributed by atoms with Gasteiger partial charge in [0.05, 0.1) is 5.56 Å². The van der Waals surface area contributed by atoms with Crippen LogP contribution in [-0.4, -0.2) is 32.6 Å². The number of carboxylic acid groups (broad SMARTS) is 1. The van der Waals surface area contributed by atoms with Crippen LogP contribution >= 0.6 is 0 Å². The van der Waals surface area contributed by atoms with Gasteiger partial charge in [0.1, 0.15) is 10.7 Å². The first-order valence-electron chi connectivity index (χ1n) is 4.92. The topological polar surface area (TPSA) is 132 Å². The molecule has 19 heavy (non-hydrogen) atoms. The second kappa shape index (κ2) is 6.14. The van der Waals surface area contributed by atoms with E-state index in [-0.39, 0.29) is 18.7 Å². The first-order chi connectivity index (χ1) is 8.88. The largest absolute Gasteiger partial charge is 0.478 e. The Morgan fingerprint density at radius 2 is 2.21 bits per heavy atom. The van der Waals surface area contributed by atoms with Crippen LogP contribution < -0.4 is 4.72 Å². The summed E-state index contributed by atoms with van der Waals surface area (Å²) in [5, 5.41) is 11.8. The minimum atomic E-state index is -4.20. The first kappa shape index (κ1) is 14.9. The number of hydrogen-bond donors (Lipinski definition) is 2. The zero-order valence-corrected chi connectivity index (χ0v) is 10.3. The molecule has 0 radical (unpaired) electrons. The molecular formula is C9H9FN4O4S. The van der Waals surface area contributed by atoms with Crippen LogP contribution in [0.25, 0.3) is 10.4 Å². The molecule has 10 heteroatoms. The maximum atomic E-state index is 13.4. The van der Waals surface area contributed by atoms with Crippen molar-refractivity contribution >= 4 is 16.0 Å². The second-order valence-electron chi connectivity index (χ2n) is 3.30. The predicted molar refractivity (Wildman–Crippen MR) is 62.6 cm³/mol. The van der Waals surface area contributed by atoms with Crippen molar-refractivity contribution in [3.05, 3.63) is 40.0 Å². The Morgan fingerprint density at radius 1 is 1.53 bits per heavy atom. The number of carbonyl (C=O) groups is 1. The number of benzene rings is 1. The number of nitrogens with one attached hydrogen (secondary N) is 1. The smallest absolute Gasteiger partial charge is 0.335 e. The van der Waals surface area contributed by atoms with Gasteiger partial charge in [-0.25, -0.2) is 22.3 Å². The summed E-state index contributed by atoms with van der Waals surface area (Å²) < 4.78 is 38.8. The van der Waals surface area contributed by atoms with Gasteiger partial charge in [0, 0.05) is 18.0 Å². The number of hydrogen-bond acceptors (Lipinski definition) is 4. The zero-order chi connectivity index (χ0) is 14.5. The van der Waals surface area contributed by atoms with E-state index >= 15 is 0 Å². The molecule has 2 N–H and O–H groups in total. The number of nitrogens with zero attached hydrogens (tertiary/aromatic N) is 3. The van der Waals surface area contributed by atoms with Gasteiger partial charge in [0.2, 0.25) is 10.0 Å². The fourth-order valence-electron chi connectivity index (χ4n) is 1.19. The van der Waals surface area contributed by atoms with Gasteiger partial charge in [0.25, 0.3) is 0 Å². The molecule has 0 amide bonds. The summed E-state index contributed by atoms with van der Waals surface area (Å²) in [5.41, 5.74) is 7.66. The fourth-order valence-corrected chi connectivity index (χ4v) is 2.32. The highest BCUT2D eigenvalue weighted by atomic mass is 32.2. The van der Waals surface area contributed by atoms with E-state index < -0.39 is 26.7 Å². The van der Waals surface area contributed by atoms with Crippen LogP contribution in [0.1, 0.15) is 10.4 Å². The average molecular weight is 288 g/mol. The summed E-state index contributed by atoms with van der Waals surface area (Å²) in [4.78, 5) is 12.3. The molecule has 8 nitrogen and oxygen atoms in total. The van der Waals surface area contributed by atoms with Gasteiger partial charge in [-0.15, -0.1) is 0 Å². The molecule has 0 fully saturated rings. The summed E-state index contributed by atoms with van der Waals surface area (Å²) in [5.74, 6) is -2.44. The third-order valence-corrected chi connectivity index (χ3v) is 3.51. The van der Waals surface area contributed by atoms with Crippen molar-refractivity contribution < 1.29 is 22.7 Å². The highest BCUT2D eigenvalue weighted by Crippen LogP contribution is 2.16. The molecule has 0 unspecified atom stereocenters. The van der Waals surface area contributed by atoms with E-state index in [4.69, 9.17) is 10.6 Å². The Hall–Kier alpha value is -2.16. The third kappa shape index (κ3) is 3.91. The van der Waals surface area contributed by atoms with E-state index in [9.17, 15) is 17.6 Å². The third-order valence-electron chi connectivity index (χ3n) is 2.03. The predicted octanol–water partition coefficient (Wildman–Crippen LogP) is 1.11. The van der Waals surface area contributed by atoms with Gasteiger partial charge in [-0.3, -0.25) is 0 Å². The van der Waals surface area contributed by atoms with Crippen LogP contribution in [0.3, 0.4) is 0 Å². The van der Waals surface area contributed by atoms with E-state index in [1.807, 2.05) is 4.72 Å². The monoisotopic (exact) mass is 288 g/mol. The number of sulfonamides is 1. The Bertz CT molecular complexity index is 640. The molecule has 0 saturated heterocycles. The van der Waals surface area contributed by atoms with Crippen LogP contribution in [-0.2, 0) is 10.0 Å². The van der Waals surface area contributed by atoms with Crippen molar-refractivity contribution in [2.75, 3.05) is 13.1 Å². The molecule has 0 bridgehead atoms. The molecule has 1 aromatic rings. The molecule has 1 aromatic carbocycles. The molecule has 0 atom stereocenters. The number of aromatic carboxylic acids is 1. The lowest BCUT2D eigenvalue weighted by molar-refractivity contribution is 0.0696. The zero-order valence-electron chi connectivity index (χ0n) is 9.45. The van der Waals surface area contributed by atoms with E-state index in [0.717, 1.165) is 12.1 Å². The molecule has 102 valence electrons. The minimum Gasteiger partial charge on any atom is -0.478 e. The van der Waals surface area contributed by atoms with Crippen LogP contribution in [0.15, 0.2) is 28.2 Å². The van der Waals surface area contributed by atoms with E-state index in [2.05, 4.69) is 10.0 Å². The van der Waals surface area contributed by atoms with Gasteiger partial charge in [-0.2, -0.15) is 0 Å². The van der Waals surface area contributed by atoms with Gasteiger partial charge in [0.15, 0.2) is 0 Å². The number of halogens is 1. The van der Waals surface area contributed by atoms with Gasteiger partial charge < -0.3 is 5.11 Å². The molecule has 0 saturated carbocycles. The SMILES string of the molecule is [N-]=[N+]=NCCNS(=O)(=O)c1cc(C(=O)O)ccc1F. The Kier molecular flexibility index (Phi) is 4.81. The minimum absolute atomic E-state index is 0.143. The van der Waals surface area contributed by atoms with Crippen molar-refractivity contribution in [3.63, 3.8) is 0 Å². The summed E-state index contributed by atoms with van der Waals surface area (Å²) >= 11 is 0. The number of azide groups is 1. The molecule has 1 rings (SSSR count). The van der Waals surface area contributed by atoms with Crippen molar-refractivity contribution in [2.24, 2.45) is 5.11 Å². The van der Waals surface area contributed by atoms with Crippen LogP contribution in [0.4, 0.5) is 4.39 Å². The maximum Gasteiger partial charge on any atom is 0.335 e. The van der Waals surface area contributed by atoms with Gasteiger partial charge >= 0.3 is 5.97 Å². The fraction of sp³-hybridized carbons (Fsp3) is 0.222. The standard InChI is InChI=1S/C9H9FN4O4S/c10-7-2-1-6(9(15)16)5-8(7)19(17,18)13-4-3-12-14-11/h1-2,5,13H,3-4H2,(H,15,16). The lowest BCUT2D eigenvalue weighted by Gasteiger charge is -2.07. The lowest BCUT2D eigenvalue weighted by Crippen LogP contribution is -2.27. The molecular weight excluding hydrogens is 279 g/mol. The summed E-state index contributed by atoms with van der Waals surface area (Å²) in [6, 6.07) is 2.43. The molecule has 0 aliphatic carbocycles. The molecule has 0 aromatic heterocycles. The van der Waals surface area contributed by atoms with Crippen LogP contribution in [0.2, 0.25) is 0 Å². The summed E-state index contributed by atoms with van der Waals surface area (Å²) in [6.07, 6.45) is 0. The Morgan fingerprint density at radius 3 is 2.79 bits per heavy atom. The molecule has 0 heterocycles. The van der Waals surface area contributed by atoms with Crippen molar-refractivity contribution in [1.82, 2.24) is 4.72 Å². The lowest BCUT2D eigenvalue weighted by atomic mass is 10.2. The summed E-state index contributed by atoms with van der Waals surface area (Å²) in [6.45, 7) is -0.362. The maximum absolute atomic E-state index is 13.4. The quantitative estimate of drug-likeness (QED) is 0.351. The number of carboxylic acids is 1. The van der Waals surface area contributed by atoms with E-state index in [1.54, 1.807) is 0 Å². The summed E-state index contributed by atoms with van der Waals surface area (Å²) in [7, 11) is -4.20. The average Bonchev–Trinajstić information content (AvgIpc) is 2.34. The van der Waals surface area contributed by atoms with E-state index in [0.29, 0.717) is 6.07 Å². The molecule has 0 aliphatic rings. The van der Waals surface area contributed by atoms with Crippen molar-refractivity contribution in [3.8, 4) is 0 Å².